The molecule has 0 aliphatic carbocycles. The van der Waals surface area contributed by atoms with E-state index in [0.29, 0.717) is 18.2 Å². The predicted octanol–water partition coefficient (Wildman–Crippen LogP) is 3.30. The average Bonchev–Trinajstić information content (AvgIpc) is 2.60. The van der Waals surface area contributed by atoms with Crippen molar-refractivity contribution in [1.82, 2.24) is 15.0 Å². The Bertz CT molecular complexity index is 821. The minimum absolute atomic E-state index is 0.381. The molecule has 24 heavy (non-hydrogen) atoms. The zero-order valence-electron chi connectivity index (χ0n) is 13.8. The second-order valence-corrected chi connectivity index (χ2v) is 5.77. The van der Waals surface area contributed by atoms with Gasteiger partial charge in [-0.2, -0.15) is 0 Å². The molecule has 2 heterocycles. The minimum atomic E-state index is -0.595. The summed E-state index contributed by atoms with van der Waals surface area (Å²) in [5.74, 6) is 1.31. The van der Waals surface area contributed by atoms with Crippen molar-refractivity contribution in [3.05, 3.63) is 71.7 Å². The summed E-state index contributed by atoms with van der Waals surface area (Å²) in [7, 11) is 0. The number of nitrogens with one attached hydrogen (secondary N) is 1. The van der Waals surface area contributed by atoms with Crippen molar-refractivity contribution in [1.29, 1.82) is 0 Å². The molecule has 3 aromatic rings. The summed E-state index contributed by atoms with van der Waals surface area (Å²) in [5, 5.41) is 13.5. The number of aliphatic hydroxyl groups excluding tert-OH is 1. The first-order valence-corrected chi connectivity index (χ1v) is 7.86. The second-order valence-electron chi connectivity index (χ2n) is 5.77. The predicted molar refractivity (Wildman–Crippen MR) is 94.6 cm³/mol. The van der Waals surface area contributed by atoms with Gasteiger partial charge in [-0.3, -0.25) is 4.98 Å². The molecule has 0 saturated carbocycles. The van der Waals surface area contributed by atoms with Crippen LogP contribution in [0.3, 0.4) is 0 Å². The first kappa shape index (κ1) is 16.1. The lowest BCUT2D eigenvalue weighted by Gasteiger charge is -2.14. The maximum Gasteiger partial charge on any atom is 0.163 e. The molecule has 3 rings (SSSR count). The van der Waals surface area contributed by atoms with E-state index in [0.717, 1.165) is 22.4 Å². The van der Waals surface area contributed by atoms with Crippen LogP contribution in [0.15, 0.2) is 54.9 Å². The molecule has 5 nitrogen and oxygen atoms in total. The molecule has 2 aromatic heterocycles. The summed E-state index contributed by atoms with van der Waals surface area (Å²) in [4.78, 5) is 13.1. The van der Waals surface area contributed by atoms with Gasteiger partial charge in [-0.15, -0.1) is 0 Å². The van der Waals surface area contributed by atoms with Crippen molar-refractivity contribution >= 4 is 5.82 Å². The second kappa shape index (κ2) is 7.19. The summed E-state index contributed by atoms with van der Waals surface area (Å²) in [6.07, 6.45) is 2.86. The molecule has 0 spiro atoms. The fourth-order valence-corrected chi connectivity index (χ4v) is 2.48. The molecule has 122 valence electrons. The van der Waals surface area contributed by atoms with Crippen LogP contribution in [0.2, 0.25) is 0 Å². The molecule has 0 bridgehead atoms. The van der Waals surface area contributed by atoms with E-state index < -0.39 is 6.10 Å². The number of hydrogen-bond acceptors (Lipinski definition) is 5. The van der Waals surface area contributed by atoms with Crippen LogP contribution in [0.1, 0.15) is 22.9 Å². The molecule has 0 amide bonds. The maximum absolute atomic E-state index is 10.3. The Kier molecular flexibility index (Phi) is 4.82. The van der Waals surface area contributed by atoms with E-state index in [-0.39, 0.29) is 0 Å². The number of aromatic nitrogens is 3. The van der Waals surface area contributed by atoms with Crippen molar-refractivity contribution in [2.75, 3.05) is 11.9 Å². The highest BCUT2D eigenvalue weighted by Crippen LogP contribution is 2.18. The van der Waals surface area contributed by atoms with Crippen molar-refractivity contribution in [2.24, 2.45) is 0 Å². The Morgan fingerprint density at radius 1 is 1.08 bits per heavy atom. The van der Waals surface area contributed by atoms with E-state index in [1.165, 1.54) is 0 Å². The average molecular weight is 320 g/mol. The van der Waals surface area contributed by atoms with Crippen LogP contribution in [0.25, 0.3) is 11.4 Å². The zero-order valence-corrected chi connectivity index (χ0v) is 13.8. The van der Waals surface area contributed by atoms with Gasteiger partial charge < -0.3 is 10.4 Å². The summed E-state index contributed by atoms with van der Waals surface area (Å²) < 4.78 is 0. The maximum atomic E-state index is 10.3. The van der Waals surface area contributed by atoms with Crippen molar-refractivity contribution < 1.29 is 5.11 Å². The van der Waals surface area contributed by atoms with Gasteiger partial charge in [0.05, 0.1) is 6.10 Å². The van der Waals surface area contributed by atoms with Gasteiger partial charge in [0.2, 0.25) is 0 Å². The van der Waals surface area contributed by atoms with Crippen molar-refractivity contribution in [2.45, 2.75) is 20.0 Å². The van der Waals surface area contributed by atoms with Crippen LogP contribution in [0, 0.1) is 13.8 Å². The summed E-state index contributed by atoms with van der Waals surface area (Å²) in [6.45, 7) is 4.31. The highest BCUT2D eigenvalue weighted by atomic mass is 16.3. The lowest BCUT2D eigenvalue weighted by molar-refractivity contribution is 0.191. The normalized spacial score (nSPS) is 12.0. The standard InChI is InChI=1S/C19H20N4O/c1-13-5-3-6-15(9-13)17(24)12-21-18-10-14(2)22-19(23-18)16-7-4-8-20-11-16/h3-11,17,24H,12H2,1-2H3,(H,21,22,23). The summed E-state index contributed by atoms with van der Waals surface area (Å²) in [6, 6.07) is 13.5. The van der Waals surface area contributed by atoms with Crippen LogP contribution < -0.4 is 5.32 Å². The third-order valence-corrected chi connectivity index (χ3v) is 3.68. The van der Waals surface area contributed by atoms with E-state index >= 15 is 0 Å². The lowest BCUT2D eigenvalue weighted by Crippen LogP contribution is -2.13. The molecule has 1 aromatic carbocycles. The Labute approximate surface area is 141 Å². The molecule has 0 saturated heterocycles. The molecule has 1 atom stereocenters. The monoisotopic (exact) mass is 320 g/mol. The first-order chi connectivity index (χ1) is 11.6. The zero-order chi connectivity index (χ0) is 16.9. The SMILES string of the molecule is Cc1cccc(C(O)CNc2cc(C)nc(-c3cccnc3)n2)c1. The smallest absolute Gasteiger partial charge is 0.163 e. The molecule has 5 heteroatoms. The largest absolute Gasteiger partial charge is 0.387 e. The van der Waals surface area contributed by atoms with E-state index in [2.05, 4.69) is 20.3 Å². The van der Waals surface area contributed by atoms with E-state index in [9.17, 15) is 5.11 Å². The number of rotatable bonds is 5. The number of nitrogens with zero attached hydrogens (tertiary/aromatic N) is 3. The first-order valence-electron chi connectivity index (χ1n) is 7.86. The molecule has 0 radical (unpaired) electrons. The van der Waals surface area contributed by atoms with Gasteiger partial charge >= 0.3 is 0 Å². The highest BCUT2D eigenvalue weighted by Gasteiger charge is 2.09. The molecule has 1 unspecified atom stereocenters. The third-order valence-electron chi connectivity index (χ3n) is 3.68. The van der Waals surface area contributed by atoms with E-state index in [4.69, 9.17) is 0 Å². The Morgan fingerprint density at radius 2 is 1.96 bits per heavy atom. The van der Waals surface area contributed by atoms with Crippen molar-refractivity contribution in [3.8, 4) is 11.4 Å². The van der Waals surface area contributed by atoms with Gasteiger partial charge in [-0.05, 0) is 31.5 Å². The molecule has 0 aliphatic heterocycles. The number of aliphatic hydroxyl groups is 1. The number of aryl methyl sites for hydroxylation is 2. The van der Waals surface area contributed by atoms with Crippen LogP contribution in [-0.2, 0) is 0 Å². The van der Waals surface area contributed by atoms with Gasteiger partial charge in [0.15, 0.2) is 5.82 Å². The molecular formula is C19H20N4O. The summed E-state index contributed by atoms with van der Waals surface area (Å²) >= 11 is 0. The lowest BCUT2D eigenvalue weighted by atomic mass is 10.1. The molecule has 0 fully saturated rings. The number of hydrogen-bond donors (Lipinski definition) is 2. The number of pyridine rings is 1. The Hall–Kier alpha value is -2.79. The summed E-state index contributed by atoms with van der Waals surface area (Å²) in [5.41, 5.74) is 3.74. The third kappa shape index (κ3) is 3.94. The van der Waals surface area contributed by atoms with Crippen LogP contribution in [-0.4, -0.2) is 26.6 Å². The molecule has 2 N–H and O–H groups in total. The number of benzene rings is 1. The topological polar surface area (TPSA) is 70.9 Å². The Balaban J connectivity index is 1.75. The van der Waals surface area contributed by atoms with Gasteiger partial charge in [-0.1, -0.05) is 29.8 Å². The Morgan fingerprint density at radius 3 is 2.71 bits per heavy atom. The van der Waals surface area contributed by atoms with Crippen LogP contribution in [0.4, 0.5) is 5.82 Å². The fourth-order valence-electron chi connectivity index (χ4n) is 2.48. The van der Waals surface area contributed by atoms with Gasteiger partial charge in [0.1, 0.15) is 5.82 Å². The number of anilines is 1. The van der Waals surface area contributed by atoms with Crippen molar-refractivity contribution in [3.63, 3.8) is 0 Å². The van der Waals surface area contributed by atoms with E-state index in [1.54, 1.807) is 12.4 Å². The van der Waals surface area contributed by atoms with Gasteiger partial charge in [0.25, 0.3) is 0 Å². The van der Waals surface area contributed by atoms with Gasteiger partial charge in [-0.25, -0.2) is 9.97 Å². The van der Waals surface area contributed by atoms with Crippen LogP contribution >= 0.6 is 0 Å². The quantitative estimate of drug-likeness (QED) is 0.755. The highest BCUT2D eigenvalue weighted by molar-refractivity contribution is 5.56. The molecule has 0 aliphatic rings. The van der Waals surface area contributed by atoms with Crippen LogP contribution in [0.5, 0.6) is 0 Å². The minimum Gasteiger partial charge on any atom is -0.387 e. The van der Waals surface area contributed by atoms with Gasteiger partial charge in [0, 0.05) is 36.3 Å². The molecular weight excluding hydrogens is 300 g/mol. The fraction of sp³-hybridized carbons (Fsp3) is 0.211. The van der Waals surface area contributed by atoms with E-state index in [1.807, 2.05) is 56.3 Å².